The largest absolute Gasteiger partial charge is 0.508 e. The van der Waals surface area contributed by atoms with Crippen molar-refractivity contribution in [2.24, 2.45) is 0 Å². The molecular weight excluding hydrogens is 446 g/mol. The second-order valence-electron chi connectivity index (χ2n) is 10.5. The Hall–Kier alpha value is -2.77. The first-order valence-corrected chi connectivity index (χ1v) is 12.8. The molecule has 35 heavy (non-hydrogen) atoms. The standard InChI is InChI=1S/C27H43N3O5/c1-7-8-16-30(25(33)19(3)28-26(34)35-27(4,5)6)23(20-14-15-22(31)18(2)17-20)24(32)29-21-12-10-9-11-13-21/h14-15,17,19,21,23,31H,7-13,16H2,1-6H3,(H,28,34)(H,29,32). The van der Waals surface area contributed by atoms with Crippen LogP contribution in [0, 0.1) is 6.92 Å². The third kappa shape index (κ3) is 8.75. The molecule has 2 rings (SSSR count). The molecular formula is C27H43N3O5. The topological polar surface area (TPSA) is 108 Å². The Kier molecular flexibility index (Phi) is 10.4. The lowest BCUT2D eigenvalue weighted by Crippen LogP contribution is -2.53. The molecule has 0 aliphatic heterocycles. The summed E-state index contributed by atoms with van der Waals surface area (Å²) >= 11 is 0. The van der Waals surface area contributed by atoms with E-state index in [2.05, 4.69) is 10.6 Å². The van der Waals surface area contributed by atoms with Gasteiger partial charge in [0.15, 0.2) is 0 Å². The summed E-state index contributed by atoms with van der Waals surface area (Å²) in [4.78, 5) is 41.2. The van der Waals surface area contributed by atoms with E-state index in [1.54, 1.807) is 57.7 Å². The van der Waals surface area contributed by atoms with Crippen molar-refractivity contribution in [3.05, 3.63) is 29.3 Å². The molecule has 0 aromatic heterocycles. The molecule has 1 aliphatic carbocycles. The number of aromatic hydroxyl groups is 1. The zero-order chi connectivity index (χ0) is 26.2. The van der Waals surface area contributed by atoms with E-state index in [4.69, 9.17) is 4.74 Å². The van der Waals surface area contributed by atoms with E-state index in [9.17, 15) is 19.5 Å². The summed E-state index contributed by atoms with van der Waals surface area (Å²) in [5.41, 5.74) is 0.559. The van der Waals surface area contributed by atoms with Gasteiger partial charge in [0.05, 0.1) is 0 Å². The predicted octanol–water partition coefficient (Wildman–Crippen LogP) is 4.73. The summed E-state index contributed by atoms with van der Waals surface area (Å²) in [7, 11) is 0. The summed E-state index contributed by atoms with van der Waals surface area (Å²) in [6.07, 6.45) is 6.02. The molecule has 1 saturated carbocycles. The summed E-state index contributed by atoms with van der Waals surface area (Å²) in [5, 5.41) is 15.8. The number of nitrogens with zero attached hydrogens (tertiary/aromatic N) is 1. The molecule has 0 radical (unpaired) electrons. The second kappa shape index (κ2) is 12.8. The fourth-order valence-electron chi connectivity index (χ4n) is 4.34. The Morgan fingerprint density at radius 2 is 1.83 bits per heavy atom. The molecule has 8 nitrogen and oxygen atoms in total. The van der Waals surface area contributed by atoms with Gasteiger partial charge >= 0.3 is 6.09 Å². The lowest BCUT2D eigenvalue weighted by molar-refractivity contribution is -0.142. The van der Waals surface area contributed by atoms with Gasteiger partial charge in [0.2, 0.25) is 11.8 Å². The van der Waals surface area contributed by atoms with Gasteiger partial charge in [-0.2, -0.15) is 0 Å². The zero-order valence-corrected chi connectivity index (χ0v) is 22.1. The number of unbranched alkanes of at least 4 members (excludes halogenated alkanes) is 1. The first-order valence-electron chi connectivity index (χ1n) is 12.8. The third-order valence-electron chi connectivity index (χ3n) is 6.19. The molecule has 8 heteroatoms. The number of hydrogen-bond acceptors (Lipinski definition) is 5. The third-order valence-corrected chi connectivity index (χ3v) is 6.19. The average Bonchev–Trinajstić information content (AvgIpc) is 2.77. The Morgan fingerprint density at radius 3 is 2.40 bits per heavy atom. The molecule has 3 N–H and O–H groups in total. The smallest absolute Gasteiger partial charge is 0.408 e. The van der Waals surface area contributed by atoms with Crippen molar-refractivity contribution in [3.63, 3.8) is 0 Å². The van der Waals surface area contributed by atoms with Crippen LogP contribution in [-0.2, 0) is 14.3 Å². The van der Waals surface area contributed by atoms with Crippen molar-refractivity contribution in [1.82, 2.24) is 15.5 Å². The number of carbonyl (C=O) groups is 3. The van der Waals surface area contributed by atoms with Crippen LogP contribution in [0.3, 0.4) is 0 Å². The van der Waals surface area contributed by atoms with E-state index in [0.717, 1.165) is 32.1 Å². The van der Waals surface area contributed by atoms with Crippen molar-refractivity contribution in [1.29, 1.82) is 0 Å². The quantitative estimate of drug-likeness (QED) is 0.465. The lowest BCUT2D eigenvalue weighted by Gasteiger charge is -2.35. The maximum Gasteiger partial charge on any atom is 0.408 e. The highest BCUT2D eigenvalue weighted by molar-refractivity contribution is 5.92. The van der Waals surface area contributed by atoms with Crippen molar-refractivity contribution in [2.75, 3.05) is 6.54 Å². The van der Waals surface area contributed by atoms with Crippen LogP contribution < -0.4 is 10.6 Å². The summed E-state index contributed by atoms with van der Waals surface area (Å²) in [5.74, 6) is -0.471. The highest BCUT2D eigenvalue weighted by Gasteiger charge is 2.35. The van der Waals surface area contributed by atoms with Gasteiger partial charge in [-0.05, 0) is 77.1 Å². The van der Waals surface area contributed by atoms with Crippen molar-refractivity contribution in [2.45, 2.75) is 110 Å². The minimum atomic E-state index is -0.884. The summed E-state index contributed by atoms with van der Waals surface area (Å²) in [6.45, 7) is 11.0. The monoisotopic (exact) mass is 489 g/mol. The number of aryl methyl sites for hydroxylation is 1. The molecule has 1 fully saturated rings. The van der Waals surface area contributed by atoms with Gasteiger partial charge in [0.25, 0.3) is 0 Å². The fourth-order valence-corrected chi connectivity index (χ4v) is 4.34. The molecule has 1 aliphatic rings. The van der Waals surface area contributed by atoms with E-state index in [1.165, 1.54) is 6.42 Å². The number of carbonyl (C=O) groups excluding carboxylic acids is 3. The summed E-state index contributed by atoms with van der Waals surface area (Å²) < 4.78 is 5.31. The van der Waals surface area contributed by atoms with Crippen LogP contribution in [0.15, 0.2) is 18.2 Å². The van der Waals surface area contributed by atoms with Gasteiger partial charge in [0, 0.05) is 12.6 Å². The molecule has 1 aromatic carbocycles. The number of nitrogens with one attached hydrogen (secondary N) is 2. The number of rotatable bonds is 9. The van der Waals surface area contributed by atoms with E-state index < -0.39 is 23.8 Å². The van der Waals surface area contributed by atoms with Crippen molar-refractivity contribution >= 4 is 17.9 Å². The van der Waals surface area contributed by atoms with Crippen molar-refractivity contribution < 1.29 is 24.2 Å². The van der Waals surface area contributed by atoms with Crippen LogP contribution in [0.5, 0.6) is 5.75 Å². The second-order valence-corrected chi connectivity index (χ2v) is 10.5. The van der Waals surface area contributed by atoms with Crippen LogP contribution in [0.25, 0.3) is 0 Å². The number of amides is 3. The maximum atomic E-state index is 13.7. The SMILES string of the molecule is CCCCN(C(=O)C(C)NC(=O)OC(C)(C)C)C(C(=O)NC1CCCCC1)c1ccc(O)c(C)c1. The van der Waals surface area contributed by atoms with Crippen molar-refractivity contribution in [3.8, 4) is 5.75 Å². The Bertz CT molecular complexity index is 874. The fraction of sp³-hybridized carbons (Fsp3) is 0.667. The molecule has 196 valence electrons. The minimum absolute atomic E-state index is 0.0809. The van der Waals surface area contributed by atoms with Crippen LogP contribution in [0.1, 0.15) is 96.7 Å². The van der Waals surface area contributed by atoms with E-state index in [1.807, 2.05) is 6.92 Å². The number of benzene rings is 1. The Balaban J connectivity index is 2.36. The number of hydrogen-bond donors (Lipinski definition) is 3. The van der Waals surface area contributed by atoms with E-state index >= 15 is 0 Å². The molecule has 2 atom stereocenters. The molecule has 2 unspecified atom stereocenters. The Morgan fingerprint density at radius 1 is 1.17 bits per heavy atom. The van der Waals surface area contributed by atoms with Crippen LogP contribution >= 0.6 is 0 Å². The van der Waals surface area contributed by atoms with Gasteiger partial charge in [0.1, 0.15) is 23.4 Å². The maximum absolute atomic E-state index is 13.7. The molecule has 0 bridgehead atoms. The van der Waals surface area contributed by atoms with E-state index in [0.29, 0.717) is 24.1 Å². The van der Waals surface area contributed by atoms with E-state index in [-0.39, 0.29) is 23.6 Å². The van der Waals surface area contributed by atoms with Crippen LogP contribution in [0.2, 0.25) is 0 Å². The summed E-state index contributed by atoms with van der Waals surface area (Å²) in [6, 6.07) is 3.31. The molecule has 1 aromatic rings. The molecule has 3 amide bonds. The number of phenols is 1. The predicted molar refractivity (Wildman–Crippen MR) is 136 cm³/mol. The van der Waals surface area contributed by atoms with Gasteiger partial charge in [-0.25, -0.2) is 4.79 Å². The molecule has 0 spiro atoms. The highest BCUT2D eigenvalue weighted by atomic mass is 16.6. The lowest BCUT2D eigenvalue weighted by atomic mass is 9.94. The number of ether oxygens (including phenoxy) is 1. The first-order chi connectivity index (χ1) is 16.4. The van der Waals surface area contributed by atoms with Crippen LogP contribution in [-0.4, -0.2) is 52.1 Å². The van der Waals surface area contributed by atoms with Gasteiger partial charge < -0.3 is 25.4 Å². The first kappa shape index (κ1) is 28.5. The highest BCUT2D eigenvalue weighted by Crippen LogP contribution is 2.28. The molecule has 0 heterocycles. The normalized spacial score (nSPS) is 16.2. The minimum Gasteiger partial charge on any atom is -0.508 e. The zero-order valence-electron chi connectivity index (χ0n) is 22.1. The van der Waals surface area contributed by atoms with Gasteiger partial charge in [-0.15, -0.1) is 0 Å². The molecule has 0 saturated heterocycles. The number of alkyl carbamates (subject to hydrolysis) is 1. The van der Waals surface area contributed by atoms with Gasteiger partial charge in [-0.3, -0.25) is 9.59 Å². The van der Waals surface area contributed by atoms with Gasteiger partial charge in [-0.1, -0.05) is 38.7 Å². The van der Waals surface area contributed by atoms with Crippen LogP contribution in [0.4, 0.5) is 4.79 Å². The average molecular weight is 490 g/mol. The number of phenolic OH excluding ortho intramolecular Hbond substituents is 1. The Labute approximate surface area is 209 Å².